The zero-order valence-corrected chi connectivity index (χ0v) is 21.7. The van der Waals surface area contributed by atoms with Gasteiger partial charge < -0.3 is 14.4 Å². The van der Waals surface area contributed by atoms with Crippen LogP contribution in [0.5, 0.6) is 0 Å². The van der Waals surface area contributed by atoms with E-state index in [1.807, 2.05) is 0 Å². The molecule has 1 atom stereocenters. The molecule has 5 heterocycles. The number of amides is 1. The molecule has 206 valence electrons. The second kappa shape index (κ2) is 9.87. The van der Waals surface area contributed by atoms with Gasteiger partial charge >= 0.3 is 11.6 Å². The summed E-state index contributed by atoms with van der Waals surface area (Å²) in [4.78, 5) is 59.4. The molecule has 0 aliphatic heterocycles. The molecule has 0 aliphatic carbocycles. The molecule has 14 nitrogen and oxygen atoms in total. The number of anilines is 1. The molecule has 0 fully saturated rings. The summed E-state index contributed by atoms with van der Waals surface area (Å²) in [5, 5.41) is 6.41. The molecule has 16 heteroatoms. The van der Waals surface area contributed by atoms with Crippen LogP contribution in [-0.4, -0.2) is 49.7 Å². The van der Waals surface area contributed by atoms with Crippen molar-refractivity contribution in [2.45, 2.75) is 39.3 Å². The average molecular weight is 553 g/mol. The Bertz CT molecular complexity index is 1850. The summed E-state index contributed by atoms with van der Waals surface area (Å²) in [6.45, 7) is 3.60. The minimum Gasteiger partial charge on any atom is -0.340 e. The molecule has 5 aromatic heterocycles. The lowest BCUT2D eigenvalue weighted by Crippen LogP contribution is -2.40. The predicted molar refractivity (Wildman–Crippen MR) is 136 cm³/mol. The van der Waals surface area contributed by atoms with Gasteiger partial charge in [0.05, 0.1) is 18.6 Å². The van der Waals surface area contributed by atoms with Gasteiger partial charge in [-0.2, -0.15) is 13.8 Å². The van der Waals surface area contributed by atoms with Crippen molar-refractivity contribution in [1.82, 2.24) is 43.8 Å². The number of hydrogen-bond donors (Lipinski definition) is 1. The third kappa shape index (κ3) is 4.85. The van der Waals surface area contributed by atoms with Crippen molar-refractivity contribution >= 4 is 22.9 Å². The molecule has 0 saturated heterocycles. The van der Waals surface area contributed by atoms with Crippen LogP contribution in [0.15, 0.2) is 51.0 Å². The highest BCUT2D eigenvalue weighted by molar-refractivity contribution is 5.93. The Morgan fingerprint density at radius 2 is 1.88 bits per heavy atom. The predicted octanol–water partition coefficient (Wildman–Crippen LogP) is 1.80. The number of fused-ring (bicyclic) bond motifs is 1. The normalized spacial score (nSPS) is 12.6. The number of carbonyl (C=O) groups excluding carboxylic acids is 1. The molecule has 5 aromatic rings. The Hall–Kier alpha value is -5.15. The smallest absolute Gasteiger partial charge is 0.332 e. The zero-order chi connectivity index (χ0) is 28.8. The van der Waals surface area contributed by atoms with Crippen molar-refractivity contribution < 1.29 is 18.1 Å². The fraction of sp³-hybridized carbons (Fsp3) is 0.292. The number of rotatable bonds is 7. The van der Waals surface area contributed by atoms with Crippen LogP contribution in [0.1, 0.15) is 37.4 Å². The minimum atomic E-state index is -3.18. The maximum Gasteiger partial charge on any atom is 0.332 e. The summed E-state index contributed by atoms with van der Waals surface area (Å²) in [6.07, 6.45) is 3.74. The largest absolute Gasteiger partial charge is 0.340 e. The first kappa shape index (κ1) is 26.5. The van der Waals surface area contributed by atoms with Gasteiger partial charge in [0.1, 0.15) is 11.9 Å². The number of pyridine rings is 1. The number of nitrogens with zero attached hydrogens (tertiary/aromatic N) is 9. The molecule has 0 unspecified atom stereocenters. The Kier molecular flexibility index (Phi) is 6.53. The lowest BCUT2D eigenvalue weighted by molar-refractivity contribution is -0.118. The highest BCUT2D eigenvalue weighted by atomic mass is 19.3. The lowest BCUT2D eigenvalue weighted by atomic mass is 10.2. The van der Waals surface area contributed by atoms with Gasteiger partial charge in [-0.25, -0.2) is 24.7 Å². The molecule has 0 radical (unpaired) electrons. The SMILES string of the molecule is Cc1nc(Cn2c(=O)c3c(ncn3[C@@H](C)C(=O)Nc3cccc(-c4cnc(C(C)(F)F)nc4)n3)n(C)c2=O)no1. The number of imidazole rings is 1. The summed E-state index contributed by atoms with van der Waals surface area (Å²) in [5.41, 5.74) is -0.481. The van der Waals surface area contributed by atoms with E-state index in [2.05, 4.69) is 35.4 Å². The number of hydrogen-bond acceptors (Lipinski definition) is 10. The number of nitrogens with one attached hydrogen (secondary N) is 1. The summed E-state index contributed by atoms with van der Waals surface area (Å²) in [7, 11) is 1.46. The fourth-order valence-electron chi connectivity index (χ4n) is 3.98. The Labute approximate surface area is 223 Å². The summed E-state index contributed by atoms with van der Waals surface area (Å²) >= 11 is 0. The van der Waals surface area contributed by atoms with Crippen molar-refractivity contribution in [3.63, 3.8) is 0 Å². The van der Waals surface area contributed by atoms with Gasteiger partial charge in [0.2, 0.25) is 11.8 Å². The van der Waals surface area contributed by atoms with E-state index < -0.39 is 34.9 Å². The fourth-order valence-corrected chi connectivity index (χ4v) is 3.98. The average Bonchev–Trinajstić information content (AvgIpc) is 3.55. The van der Waals surface area contributed by atoms with Crippen LogP contribution in [-0.2, 0) is 24.3 Å². The summed E-state index contributed by atoms with van der Waals surface area (Å²) in [6, 6.07) is 3.82. The first-order chi connectivity index (χ1) is 18.9. The van der Waals surface area contributed by atoms with Gasteiger partial charge in [-0.1, -0.05) is 11.2 Å². The second-order valence-electron chi connectivity index (χ2n) is 9.04. The highest BCUT2D eigenvalue weighted by Crippen LogP contribution is 2.25. The van der Waals surface area contributed by atoms with Gasteiger partial charge in [-0.15, -0.1) is 0 Å². The van der Waals surface area contributed by atoms with E-state index in [0.717, 1.165) is 4.57 Å². The maximum atomic E-state index is 13.4. The first-order valence-electron chi connectivity index (χ1n) is 11.9. The van der Waals surface area contributed by atoms with E-state index in [0.29, 0.717) is 18.2 Å². The number of carbonyl (C=O) groups is 1. The minimum absolute atomic E-state index is 0.0247. The summed E-state index contributed by atoms with van der Waals surface area (Å²) < 4.78 is 35.3. The molecule has 5 rings (SSSR count). The maximum absolute atomic E-state index is 13.4. The van der Waals surface area contributed by atoms with Gasteiger partial charge in [0.15, 0.2) is 22.8 Å². The van der Waals surface area contributed by atoms with Gasteiger partial charge in [-0.3, -0.25) is 18.7 Å². The topological polar surface area (TPSA) is 169 Å². The number of aryl methyl sites for hydroxylation is 2. The van der Waals surface area contributed by atoms with E-state index in [4.69, 9.17) is 4.52 Å². The number of halogens is 2. The second-order valence-corrected chi connectivity index (χ2v) is 9.04. The molecule has 1 N–H and O–H groups in total. The first-order valence-corrected chi connectivity index (χ1v) is 11.9. The zero-order valence-electron chi connectivity index (χ0n) is 21.7. The van der Waals surface area contributed by atoms with Crippen molar-refractivity contribution in [3.05, 3.63) is 75.3 Å². The quantitative estimate of drug-likeness (QED) is 0.314. The Morgan fingerprint density at radius 3 is 2.52 bits per heavy atom. The molecule has 40 heavy (non-hydrogen) atoms. The molecule has 0 saturated carbocycles. The highest BCUT2D eigenvalue weighted by Gasteiger charge is 2.28. The van der Waals surface area contributed by atoms with Crippen LogP contribution in [0.3, 0.4) is 0 Å². The monoisotopic (exact) mass is 552 g/mol. The molecule has 0 spiro atoms. The van der Waals surface area contributed by atoms with Crippen molar-refractivity contribution in [2.24, 2.45) is 7.05 Å². The van der Waals surface area contributed by atoms with Crippen LogP contribution in [0.25, 0.3) is 22.4 Å². The molecule has 1 amide bonds. The number of alkyl halides is 2. The van der Waals surface area contributed by atoms with E-state index in [1.54, 1.807) is 32.0 Å². The van der Waals surface area contributed by atoms with E-state index in [1.165, 1.54) is 34.9 Å². The third-order valence-corrected chi connectivity index (χ3v) is 6.06. The van der Waals surface area contributed by atoms with Crippen LogP contribution in [0.4, 0.5) is 14.6 Å². The van der Waals surface area contributed by atoms with Crippen molar-refractivity contribution in [1.29, 1.82) is 0 Å². The van der Waals surface area contributed by atoms with E-state index >= 15 is 0 Å². The van der Waals surface area contributed by atoms with Gasteiger partial charge in [-0.05, 0) is 19.1 Å². The number of aromatic nitrogens is 9. The molecule has 0 aromatic carbocycles. The molecular weight excluding hydrogens is 530 g/mol. The van der Waals surface area contributed by atoms with E-state index in [-0.39, 0.29) is 35.2 Å². The molecule has 0 bridgehead atoms. The van der Waals surface area contributed by atoms with Gasteiger partial charge in [0.25, 0.3) is 5.56 Å². The lowest BCUT2D eigenvalue weighted by Gasteiger charge is -2.15. The van der Waals surface area contributed by atoms with Crippen LogP contribution in [0, 0.1) is 6.92 Å². The summed E-state index contributed by atoms with van der Waals surface area (Å²) in [5.74, 6) is -3.75. The standard InChI is InChI=1S/C24H22F2N10O4/c1-12(20(37)32-16-7-5-6-15(31-16)14-8-27-22(28-9-14)24(3,25)26)36-11-29-19-18(36)21(38)35(23(39)34(19)4)10-17-30-13(2)40-33-17/h5-9,11-12H,10H2,1-4H3,(H,31,32,37)/t12-/m0/s1. The molecule has 0 aliphatic rings. The van der Waals surface area contributed by atoms with Gasteiger partial charge in [0, 0.05) is 38.9 Å². The van der Waals surface area contributed by atoms with E-state index in [9.17, 15) is 23.2 Å². The van der Waals surface area contributed by atoms with Crippen LogP contribution < -0.4 is 16.6 Å². The van der Waals surface area contributed by atoms with Crippen molar-refractivity contribution in [2.75, 3.05) is 5.32 Å². The van der Waals surface area contributed by atoms with Crippen LogP contribution >= 0.6 is 0 Å². The third-order valence-electron chi connectivity index (χ3n) is 6.06. The Balaban J connectivity index is 1.43. The van der Waals surface area contributed by atoms with Crippen LogP contribution in [0.2, 0.25) is 0 Å². The van der Waals surface area contributed by atoms with Crippen molar-refractivity contribution in [3.8, 4) is 11.3 Å². The Morgan fingerprint density at radius 1 is 1.15 bits per heavy atom. The molecular formula is C24H22F2N10O4.